The van der Waals surface area contributed by atoms with Crippen LogP contribution in [0.3, 0.4) is 0 Å². The zero-order chi connectivity index (χ0) is 19.0. The van der Waals surface area contributed by atoms with E-state index in [9.17, 15) is 4.79 Å². The smallest absolute Gasteiger partial charge is 0.224 e. The van der Waals surface area contributed by atoms with Crippen molar-refractivity contribution in [2.24, 2.45) is 5.41 Å². The van der Waals surface area contributed by atoms with Crippen LogP contribution < -0.4 is 24.8 Å². The summed E-state index contributed by atoms with van der Waals surface area (Å²) in [6.07, 6.45) is 2.23. The molecule has 0 saturated carbocycles. The van der Waals surface area contributed by atoms with Gasteiger partial charge in [0.05, 0.1) is 34.4 Å². The molecule has 0 aromatic heterocycles. The summed E-state index contributed by atoms with van der Waals surface area (Å²) < 4.78 is 21.4. The van der Waals surface area contributed by atoms with Gasteiger partial charge in [0.2, 0.25) is 11.7 Å². The number of hydrogen-bond acceptors (Lipinski definition) is 6. The summed E-state index contributed by atoms with van der Waals surface area (Å²) >= 11 is 0. The van der Waals surface area contributed by atoms with Crippen LogP contribution in [-0.2, 0) is 16.0 Å². The van der Waals surface area contributed by atoms with E-state index in [1.54, 1.807) is 40.6 Å². The first-order valence-electron chi connectivity index (χ1n) is 8.82. The Morgan fingerprint density at radius 3 is 2.15 bits per heavy atom. The van der Waals surface area contributed by atoms with Crippen molar-refractivity contribution in [2.75, 3.05) is 54.7 Å². The van der Waals surface area contributed by atoms with Gasteiger partial charge in [-0.1, -0.05) is 0 Å². The number of halogens is 1. The standard InChI is InChI=1S/C19H30N2O5.ClH/c1-23-13-19(5-7-20-8-6-19)12-21-17(22)11-14-9-15(24-2)18(26-4)16(10-14)25-3;/h9-10,20H,5-8,11-13H2,1-4H3,(H,21,22);1H. The summed E-state index contributed by atoms with van der Waals surface area (Å²) in [6.45, 7) is 3.17. The third kappa shape index (κ3) is 6.16. The lowest BCUT2D eigenvalue weighted by atomic mass is 9.79. The molecule has 0 bridgehead atoms. The zero-order valence-electron chi connectivity index (χ0n) is 16.6. The molecule has 1 saturated heterocycles. The molecule has 2 N–H and O–H groups in total. The van der Waals surface area contributed by atoms with Crippen molar-refractivity contribution < 1.29 is 23.7 Å². The third-order valence-electron chi connectivity index (χ3n) is 4.86. The van der Waals surface area contributed by atoms with Crippen molar-refractivity contribution in [3.8, 4) is 17.2 Å². The highest BCUT2D eigenvalue weighted by molar-refractivity contribution is 5.85. The maximum absolute atomic E-state index is 12.5. The van der Waals surface area contributed by atoms with Crippen LogP contribution in [0.1, 0.15) is 18.4 Å². The van der Waals surface area contributed by atoms with Gasteiger partial charge in [-0.25, -0.2) is 0 Å². The Bertz CT molecular complexity index is 575. The predicted molar refractivity (Wildman–Crippen MR) is 106 cm³/mol. The van der Waals surface area contributed by atoms with Gasteiger partial charge in [-0.2, -0.15) is 0 Å². The molecule has 7 nitrogen and oxygen atoms in total. The lowest BCUT2D eigenvalue weighted by molar-refractivity contribution is -0.121. The third-order valence-corrected chi connectivity index (χ3v) is 4.86. The van der Waals surface area contributed by atoms with Gasteiger partial charge in [0.15, 0.2) is 11.5 Å². The van der Waals surface area contributed by atoms with E-state index in [-0.39, 0.29) is 30.2 Å². The summed E-state index contributed by atoms with van der Waals surface area (Å²) in [7, 11) is 6.39. The van der Waals surface area contributed by atoms with Gasteiger partial charge in [-0.15, -0.1) is 12.4 Å². The number of nitrogens with one attached hydrogen (secondary N) is 2. The van der Waals surface area contributed by atoms with E-state index in [1.807, 2.05) is 0 Å². The molecule has 1 fully saturated rings. The summed E-state index contributed by atoms with van der Waals surface area (Å²) in [5.41, 5.74) is 0.813. The number of piperidine rings is 1. The Hall–Kier alpha value is -1.70. The lowest BCUT2D eigenvalue weighted by Gasteiger charge is -2.37. The molecule has 1 amide bonds. The second kappa shape index (κ2) is 11.2. The van der Waals surface area contributed by atoms with Crippen LogP contribution in [0.25, 0.3) is 0 Å². The van der Waals surface area contributed by atoms with Crippen LogP contribution in [0, 0.1) is 5.41 Å². The van der Waals surface area contributed by atoms with Crippen LogP contribution >= 0.6 is 12.4 Å². The molecule has 27 heavy (non-hydrogen) atoms. The van der Waals surface area contributed by atoms with E-state index >= 15 is 0 Å². The van der Waals surface area contributed by atoms with Gasteiger partial charge < -0.3 is 29.6 Å². The molecule has 0 atom stereocenters. The number of ether oxygens (including phenoxy) is 4. The van der Waals surface area contributed by atoms with Crippen molar-refractivity contribution in [1.82, 2.24) is 10.6 Å². The fraction of sp³-hybridized carbons (Fsp3) is 0.632. The van der Waals surface area contributed by atoms with E-state index in [0.717, 1.165) is 31.5 Å². The molecule has 1 aromatic carbocycles. The number of hydrogen-bond donors (Lipinski definition) is 2. The van der Waals surface area contributed by atoms with E-state index in [2.05, 4.69) is 10.6 Å². The Labute approximate surface area is 167 Å². The highest BCUT2D eigenvalue weighted by atomic mass is 35.5. The highest BCUT2D eigenvalue weighted by Gasteiger charge is 2.32. The van der Waals surface area contributed by atoms with Gasteiger partial charge in [0.25, 0.3) is 0 Å². The first-order valence-corrected chi connectivity index (χ1v) is 8.82. The fourth-order valence-corrected chi connectivity index (χ4v) is 3.41. The monoisotopic (exact) mass is 402 g/mol. The maximum Gasteiger partial charge on any atom is 0.224 e. The van der Waals surface area contributed by atoms with Crippen LogP contribution in [0.5, 0.6) is 17.2 Å². The van der Waals surface area contributed by atoms with Gasteiger partial charge in [-0.3, -0.25) is 4.79 Å². The summed E-state index contributed by atoms with van der Waals surface area (Å²) in [6, 6.07) is 3.60. The molecule has 1 aromatic rings. The van der Waals surface area contributed by atoms with E-state index < -0.39 is 0 Å². The molecule has 0 radical (unpaired) electrons. The summed E-state index contributed by atoms with van der Waals surface area (Å²) in [4.78, 5) is 12.5. The number of amides is 1. The predicted octanol–water partition coefficient (Wildman–Crippen LogP) is 1.81. The van der Waals surface area contributed by atoms with Gasteiger partial charge in [0.1, 0.15) is 0 Å². The first kappa shape index (κ1) is 23.3. The molecular formula is C19H31ClN2O5. The molecule has 0 spiro atoms. The van der Waals surface area contributed by atoms with E-state index in [4.69, 9.17) is 18.9 Å². The number of rotatable bonds is 9. The number of methoxy groups -OCH3 is 4. The van der Waals surface area contributed by atoms with Crippen molar-refractivity contribution in [3.63, 3.8) is 0 Å². The van der Waals surface area contributed by atoms with Crippen LogP contribution in [0.4, 0.5) is 0 Å². The maximum atomic E-state index is 12.5. The second-order valence-electron chi connectivity index (χ2n) is 6.67. The van der Waals surface area contributed by atoms with Crippen molar-refractivity contribution in [1.29, 1.82) is 0 Å². The fourth-order valence-electron chi connectivity index (χ4n) is 3.41. The summed E-state index contributed by atoms with van der Waals surface area (Å²) in [5, 5.41) is 6.42. The normalized spacial score (nSPS) is 15.4. The SMILES string of the molecule is COCC1(CNC(=O)Cc2cc(OC)c(OC)c(OC)c2)CCNCC1.Cl. The molecule has 1 aliphatic heterocycles. The van der Waals surface area contributed by atoms with E-state index in [0.29, 0.717) is 30.4 Å². The largest absolute Gasteiger partial charge is 0.493 e. The van der Waals surface area contributed by atoms with Gasteiger partial charge in [-0.05, 0) is 43.6 Å². The molecule has 1 aliphatic rings. The minimum absolute atomic E-state index is 0. The van der Waals surface area contributed by atoms with Crippen molar-refractivity contribution >= 4 is 18.3 Å². The zero-order valence-corrected chi connectivity index (χ0v) is 17.4. The number of carbonyl (C=O) groups is 1. The average molecular weight is 403 g/mol. The highest BCUT2D eigenvalue weighted by Crippen LogP contribution is 2.38. The lowest BCUT2D eigenvalue weighted by Crippen LogP contribution is -2.47. The molecule has 8 heteroatoms. The number of carbonyl (C=O) groups excluding carboxylic acids is 1. The first-order chi connectivity index (χ1) is 12.6. The molecular weight excluding hydrogens is 372 g/mol. The summed E-state index contributed by atoms with van der Waals surface area (Å²) in [5.74, 6) is 1.58. The molecule has 0 unspecified atom stereocenters. The van der Waals surface area contributed by atoms with E-state index in [1.165, 1.54) is 0 Å². The Morgan fingerprint density at radius 2 is 1.67 bits per heavy atom. The molecule has 154 valence electrons. The van der Waals surface area contributed by atoms with Crippen LogP contribution in [-0.4, -0.2) is 60.6 Å². The molecule has 2 rings (SSSR count). The minimum Gasteiger partial charge on any atom is -0.493 e. The number of benzene rings is 1. The Kier molecular flexibility index (Phi) is 9.69. The Morgan fingerprint density at radius 1 is 1.07 bits per heavy atom. The van der Waals surface area contributed by atoms with Gasteiger partial charge in [0, 0.05) is 19.1 Å². The quantitative estimate of drug-likeness (QED) is 0.656. The van der Waals surface area contributed by atoms with Crippen molar-refractivity contribution in [3.05, 3.63) is 17.7 Å². The molecule has 1 heterocycles. The topological polar surface area (TPSA) is 78.1 Å². The molecule has 0 aliphatic carbocycles. The van der Waals surface area contributed by atoms with Crippen LogP contribution in [0.2, 0.25) is 0 Å². The Balaban J connectivity index is 0.00000364. The van der Waals surface area contributed by atoms with Crippen molar-refractivity contribution in [2.45, 2.75) is 19.3 Å². The van der Waals surface area contributed by atoms with Gasteiger partial charge >= 0.3 is 0 Å². The average Bonchev–Trinajstić information content (AvgIpc) is 2.66. The minimum atomic E-state index is -0.0340. The second-order valence-corrected chi connectivity index (χ2v) is 6.67. The van der Waals surface area contributed by atoms with Crippen LogP contribution in [0.15, 0.2) is 12.1 Å².